The molecule has 7 nitrogen and oxygen atoms in total. The van der Waals surface area contributed by atoms with Crippen molar-refractivity contribution in [3.05, 3.63) is 11.6 Å². The van der Waals surface area contributed by atoms with Gasteiger partial charge in [0, 0.05) is 5.41 Å². The summed E-state index contributed by atoms with van der Waals surface area (Å²) in [6, 6.07) is 0. The molecule has 5 aliphatic rings. The summed E-state index contributed by atoms with van der Waals surface area (Å²) in [7, 11) is 1.41. The molecular formula is C31H48O7. The Morgan fingerprint density at radius 3 is 2.24 bits per heavy atom. The number of hydrogen-bond donors (Lipinski definition) is 4. The van der Waals surface area contributed by atoms with Gasteiger partial charge in [-0.25, -0.2) is 0 Å². The summed E-state index contributed by atoms with van der Waals surface area (Å²) in [6.45, 7) is 10.6. The van der Waals surface area contributed by atoms with E-state index in [9.17, 15) is 30.0 Å². The molecule has 1 unspecified atom stereocenters. The van der Waals surface area contributed by atoms with Crippen molar-refractivity contribution in [1.29, 1.82) is 0 Å². The summed E-state index contributed by atoms with van der Waals surface area (Å²) in [6.07, 6.45) is 6.37. The van der Waals surface area contributed by atoms with Crippen molar-refractivity contribution in [1.82, 2.24) is 0 Å². The monoisotopic (exact) mass is 532 g/mol. The summed E-state index contributed by atoms with van der Waals surface area (Å²) in [5.41, 5.74) is -1.76. The average molecular weight is 533 g/mol. The third-order valence-corrected chi connectivity index (χ3v) is 13.6. The number of hydrogen-bond acceptors (Lipinski definition) is 6. The lowest BCUT2D eigenvalue weighted by molar-refractivity contribution is -0.243. The molecule has 0 aromatic rings. The number of carbonyl (C=O) groups is 2. The minimum atomic E-state index is -0.954. The number of rotatable bonds is 3. The molecule has 0 radical (unpaired) electrons. The number of ether oxygens (including phenoxy) is 1. The molecule has 4 fully saturated rings. The van der Waals surface area contributed by atoms with Crippen molar-refractivity contribution >= 4 is 11.9 Å². The second kappa shape index (κ2) is 8.53. The number of aliphatic hydroxyl groups excluding tert-OH is 3. The Morgan fingerprint density at radius 1 is 0.974 bits per heavy atom. The lowest BCUT2D eigenvalue weighted by Gasteiger charge is -2.71. The Balaban J connectivity index is 1.61. The summed E-state index contributed by atoms with van der Waals surface area (Å²) < 4.78 is 5.18. The molecular weight excluding hydrogens is 484 g/mol. The van der Waals surface area contributed by atoms with Crippen LogP contribution in [0.5, 0.6) is 0 Å². The maximum absolute atomic E-state index is 12.9. The van der Waals surface area contributed by atoms with E-state index in [4.69, 9.17) is 4.74 Å². The van der Waals surface area contributed by atoms with Gasteiger partial charge in [0.25, 0.3) is 0 Å². The predicted octanol–water partition coefficient (Wildman–Crippen LogP) is 4.33. The molecule has 11 atom stereocenters. The maximum Gasteiger partial charge on any atom is 0.311 e. The van der Waals surface area contributed by atoms with Gasteiger partial charge in [-0.05, 0) is 98.7 Å². The van der Waals surface area contributed by atoms with Gasteiger partial charge in [-0.1, -0.05) is 39.3 Å². The van der Waals surface area contributed by atoms with E-state index in [2.05, 4.69) is 26.8 Å². The molecule has 0 saturated heterocycles. The number of aliphatic hydroxyl groups is 3. The number of esters is 1. The van der Waals surface area contributed by atoms with E-state index in [-0.39, 0.29) is 46.6 Å². The van der Waals surface area contributed by atoms with Gasteiger partial charge < -0.3 is 25.2 Å². The highest BCUT2D eigenvalue weighted by molar-refractivity contribution is 5.80. The van der Waals surface area contributed by atoms with Crippen LogP contribution in [0.15, 0.2) is 11.6 Å². The summed E-state index contributed by atoms with van der Waals surface area (Å²) in [5, 5.41) is 43.0. The summed E-state index contributed by atoms with van der Waals surface area (Å²) >= 11 is 0. The highest BCUT2D eigenvalue weighted by Gasteiger charge is 2.71. The summed E-state index contributed by atoms with van der Waals surface area (Å²) in [5.74, 6) is -0.919. The van der Waals surface area contributed by atoms with Crippen molar-refractivity contribution in [2.75, 3.05) is 13.7 Å². The predicted molar refractivity (Wildman–Crippen MR) is 142 cm³/mol. The van der Waals surface area contributed by atoms with Gasteiger partial charge in [-0.2, -0.15) is 0 Å². The number of allylic oxidation sites excluding steroid dienone is 2. The highest BCUT2D eigenvalue weighted by atomic mass is 16.5. The Bertz CT molecular complexity index is 1050. The average Bonchev–Trinajstić information content (AvgIpc) is 2.87. The molecule has 38 heavy (non-hydrogen) atoms. The number of fused-ring (bicyclic) bond motifs is 7. The first-order chi connectivity index (χ1) is 17.6. The second-order valence-corrected chi connectivity index (χ2v) is 14.9. The van der Waals surface area contributed by atoms with Crippen LogP contribution in [0.1, 0.15) is 92.4 Å². The third kappa shape index (κ3) is 3.24. The molecule has 0 amide bonds. The first-order valence-corrected chi connectivity index (χ1v) is 14.6. The first kappa shape index (κ1) is 28.1. The lowest BCUT2D eigenvalue weighted by Crippen LogP contribution is -2.68. The molecule has 4 saturated carbocycles. The molecule has 7 heteroatoms. The van der Waals surface area contributed by atoms with Crippen LogP contribution in [0.25, 0.3) is 0 Å². The van der Waals surface area contributed by atoms with E-state index in [0.29, 0.717) is 32.1 Å². The van der Waals surface area contributed by atoms with E-state index in [0.717, 1.165) is 25.7 Å². The molecule has 0 heterocycles. The highest BCUT2D eigenvalue weighted by Crippen LogP contribution is 2.75. The van der Waals surface area contributed by atoms with Gasteiger partial charge in [0.05, 0.1) is 36.8 Å². The van der Waals surface area contributed by atoms with E-state index in [1.54, 1.807) is 0 Å². The molecule has 0 aromatic carbocycles. The van der Waals surface area contributed by atoms with Gasteiger partial charge in [-0.3, -0.25) is 9.59 Å². The fourth-order valence-electron chi connectivity index (χ4n) is 11.0. The molecule has 4 N–H and O–H groups in total. The van der Waals surface area contributed by atoms with Crippen molar-refractivity contribution in [3.8, 4) is 0 Å². The van der Waals surface area contributed by atoms with Crippen LogP contribution in [0, 0.1) is 50.2 Å². The smallest absolute Gasteiger partial charge is 0.311 e. The largest absolute Gasteiger partial charge is 0.481 e. The van der Waals surface area contributed by atoms with E-state index >= 15 is 0 Å². The zero-order chi connectivity index (χ0) is 28.1. The summed E-state index contributed by atoms with van der Waals surface area (Å²) in [4.78, 5) is 25.8. The van der Waals surface area contributed by atoms with Crippen molar-refractivity contribution in [2.24, 2.45) is 50.2 Å². The van der Waals surface area contributed by atoms with E-state index in [1.807, 2.05) is 13.8 Å². The molecule has 214 valence electrons. The van der Waals surface area contributed by atoms with E-state index in [1.165, 1.54) is 12.7 Å². The minimum Gasteiger partial charge on any atom is -0.481 e. The van der Waals surface area contributed by atoms with Crippen molar-refractivity contribution in [3.63, 3.8) is 0 Å². The molecule has 0 aliphatic heterocycles. The molecule has 5 aliphatic carbocycles. The Kier molecular flexibility index (Phi) is 6.31. The van der Waals surface area contributed by atoms with Crippen LogP contribution in [0.3, 0.4) is 0 Å². The normalized spacial score (nSPS) is 53.9. The quantitative estimate of drug-likeness (QED) is 0.315. The van der Waals surface area contributed by atoms with Gasteiger partial charge in [0.2, 0.25) is 0 Å². The van der Waals surface area contributed by atoms with Crippen LogP contribution in [-0.2, 0) is 14.3 Å². The Morgan fingerprint density at radius 2 is 1.63 bits per heavy atom. The number of carbonyl (C=O) groups excluding carboxylic acids is 1. The minimum absolute atomic E-state index is 0.0778. The number of aliphatic carboxylic acids is 1. The van der Waals surface area contributed by atoms with Crippen LogP contribution in [0.4, 0.5) is 0 Å². The van der Waals surface area contributed by atoms with E-state index < -0.39 is 34.4 Å². The maximum atomic E-state index is 12.9. The van der Waals surface area contributed by atoms with Crippen LogP contribution >= 0.6 is 0 Å². The lowest BCUT2D eigenvalue weighted by atomic mass is 9.33. The second-order valence-electron chi connectivity index (χ2n) is 14.9. The standard InChI is InChI=1S/C31H48O7/c1-26(25(37)38-6)11-13-31(24(35)36)14-12-29(4)18(19(31)15-26)7-8-22-27(2)16-20(33)23(34)28(3,17-32)21(27)9-10-30(22,29)5/h7,19-23,32-34H,8-17H2,1-6H3,(H,35,36)/t19-,20-,21+,22?,23-,26-,27-,28-,29+,30+,31-/m0/s1. The zero-order valence-corrected chi connectivity index (χ0v) is 24.0. The fraction of sp³-hybridized carbons (Fsp3) is 0.871. The Hall–Kier alpha value is -1.44. The molecule has 5 rings (SSSR count). The molecule has 0 bridgehead atoms. The number of carboxylic acids is 1. The number of carboxylic acid groups (broad SMARTS) is 1. The first-order valence-electron chi connectivity index (χ1n) is 14.6. The van der Waals surface area contributed by atoms with Gasteiger partial charge in [0.1, 0.15) is 0 Å². The SMILES string of the molecule is COC(=O)[C@@]1(C)CC[C@]2(C(=O)O)CC[C@]3(C)C(=CCC4[C@@]5(C)C[C@H](O)[C@H](O)[C@@](C)(CO)[C@@H]5CC[C@]43C)[C@@H]2C1. The topological polar surface area (TPSA) is 124 Å². The Labute approximate surface area is 227 Å². The van der Waals surface area contributed by atoms with Crippen LogP contribution < -0.4 is 0 Å². The number of methoxy groups -OCH3 is 1. The molecule has 0 spiro atoms. The molecule has 0 aromatic heterocycles. The van der Waals surface area contributed by atoms with Gasteiger partial charge >= 0.3 is 11.9 Å². The van der Waals surface area contributed by atoms with Crippen molar-refractivity contribution < 1.29 is 34.8 Å². The van der Waals surface area contributed by atoms with Crippen molar-refractivity contribution in [2.45, 2.75) is 105 Å². The zero-order valence-electron chi connectivity index (χ0n) is 24.0. The van der Waals surface area contributed by atoms with Crippen LogP contribution in [0.2, 0.25) is 0 Å². The fourth-order valence-corrected chi connectivity index (χ4v) is 11.0. The third-order valence-electron chi connectivity index (χ3n) is 13.6. The van der Waals surface area contributed by atoms with Crippen LogP contribution in [-0.4, -0.2) is 58.3 Å². The van der Waals surface area contributed by atoms with Gasteiger partial charge in [0.15, 0.2) is 0 Å². The van der Waals surface area contributed by atoms with Gasteiger partial charge in [-0.15, -0.1) is 0 Å².